The van der Waals surface area contributed by atoms with Crippen molar-refractivity contribution in [3.05, 3.63) is 28.8 Å². The quantitative estimate of drug-likeness (QED) is 0.920. The van der Waals surface area contributed by atoms with E-state index in [0.29, 0.717) is 11.1 Å². The van der Waals surface area contributed by atoms with Crippen molar-refractivity contribution in [1.29, 1.82) is 0 Å². The number of ether oxygens (including phenoxy) is 1. The Kier molecular flexibility index (Phi) is 4.54. The predicted molar refractivity (Wildman–Crippen MR) is 82.6 cm³/mol. The molecule has 6 heteroatoms. The summed E-state index contributed by atoms with van der Waals surface area (Å²) in [7, 11) is -3.36. The molecule has 4 nitrogen and oxygen atoms in total. The summed E-state index contributed by atoms with van der Waals surface area (Å²) in [6.07, 6.45) is 4.54. The first kappa shape index (κ1) is 15.3. The molecule has 1 aromatic rings. The zero-order valence-corrected chi connectivity index (χ0v) is 13.4. The number of nitrogens with one attached hydrogen (secondary N) is 1. The summed E-state index contributed by atoms with van der Waals surface area (Å²) in [6, 6.07) is 5.80. The van der Waals surface area contributed by atoms with Crippen molar-refractivity contribution in [2.24, 2.45) is 0 Å². The standard InChI is InChI=1S/C15H20ClNO3S/c16-14-8-11(7-12-3-1-2-6-17-12)4-5-15(14)21(18,19)13-9-20-10-13/h4-5,8,12-13,17H,1-3,6-7,9-10H2. The zero-order valence-electron chi connectivity index (χ0n) is 11.8. The smallest absolute Gasteiger partial charge is 0.187 e. The molecule has 21 heavy (non-hydrogen) atoms. The summed E-state index contributed by atoms with van der Waals surface area (Å²) in [5, 5.41) is 3.38. The lowest BCUT2D eigenvalue weighted by atomic mass is 9.98. The first-order valence-corrected chi connectivity index (χ1v) is 9.33. The monoisotopic (exact) mass is 329 g/mol. The molecule has 1 aromatic carbocycles. The Bertz CT molecular complexity index is 607. The Morgan fingerprint density at radius 2 is 2.10 bits per heavy atom. The molecule has 0 aliphatic carbocycles. The van der Waals surface area contributed by atoms with Crippen molar-refractivity contribution in [3.63, 3.8) is 0 Å². The van der Waals surface area contributed by atoms with E-state index in [2.05, 4.69) is 5.32 Å². The Labute approximate surface area is 130 Å². The van der Waals surface area contributed by atoms with Crippen molar-refractivity contribution in [2.45, 2.75) is 41.9 Å². The molecule has 2 aliphatic heterocycles. The first-order chi connectivity index (χ1) is 10.1. The van der Waals surface area contributed by atoms with Gasteiger partial charge >= 0.3 is 0 Å². The molecule has 3 rings (SSSR count). The second-order valence-electron chi connectivity index (χ2n) is 5.82. The summed E-state index contributed by atoms with van der Waals surface area (Å²) in [6.45, 7) is 1.60. The van der Waals surface area contributed by atoms with E-state index in [1.165, 1.54) is 12.8 Å². The SMILES string of the molecule is O=S(=O)(c1ccc(CC2CCCCN2)cc1Cl)C1COC1. The number of halogens is 1. The van der Waals surface area contributed by atoms with Gasteiger partial charge in [0.1, 0.15) is 5.25 Å². The highest BCUT2D eigenvalue weighted by Gasteiger charge is 2.35. The maximum Gasteiger partial charge on any atom is 0.187 e. The van der Waals surface area contributed by atoms with Gasteiger partial charge < -0.3 is 10.1 Å². The van der Waals surface area contributed by atoms with Crippen LogP contribution in [0.2, 0.25) is 5.02 Å². The summed E-state index contributed by atoms with van der Waals surface area (Å²) in [5.41, 5.74) is 1.09. The summed E-state index contributed by atoms with van der Waals surface area (Å²) in [5.74, 6) is 0. The number of benzene rings is 1. The average molecular weight is 330 g/mol. The normalized spacial score (nSPS) is 23.8. The van der Waals surface area contributed by atoms with Crippen molar-refractivity contribution >= 4 is 21.4 Å². The van der Waals surface area contributed by atoms with Gasteiger partial charge in [-0.25, -0.2) is 8.42 Å². The molecule has 0 aromatic heterocycles. The molecule has 2 fully saturated rings. The number of sulfone groups is 1. The molecule has 0 radical (unpaired) electrons. The minimum absolute atomic E-state index is 0.234. The van der Waals surface area contributed by atoms with E-state index < -0.39 is 15.1 Å². The van der Waals surface area contributed by atoms with Crippen LogP contribution in [0.3, 0.4) is 0 Å². The Balaban J connectivity index is 1.76. The number of hydrogen-bond donors (Lipinski definition) is 1. The van der Waals surface area contributed by atoms with Crippen LogP contribution in [0.1, 0.15) is 24.8 Å². The summed E-state index contributed by atoms with van der Waals surface area (Å²) < 4.78 is 29.7. The molecule has 0 saturated carbocycles. The highest BCUT2D eigenvalue weighted by molar-refractivity contribution is 7.92. The predicted octanol–water partition coefficient (Wildman–Crippen LogP) is 2.20. The lowest BCUT2D eigenvalue weighted by Gasteiger charge is -2.26. The third kappa shape index (κ3) is 3.26. The van der Waals surface area contributed by atoms with Crippen molar-refractivity contribution < 1.29 is 13.2 Å². The van der Waals surface area contributed by atoms with Crippen LogP contribution >= 0.6 is 11.6 Å². The van der Waals surface area contributed by atoms with Gasteiger partial charge in [0.05, 0.1) is 23.1 Å². The number of piperidine rings is 1. The van der Waals surface area contributed by atoms with Gasteiger partial charge in [0.15, 0.2) is 9.84 Å². The molecule has 0 bridgehead atoms. The maximum atomic E-state index is 12.4. The van der Waals surface area contributed by atoms with E-state index in [1.807, 2.05) is 6.07 Å². The largest absolute Gasteiger partial charge is 0.379 e. The highest BCUT2D eigenvalue weighted by Crippen LogP contribution is 2.29. The summed E-state index contributed by atoms with van der Waals surface area (Å²) >= 11 is 6.22. The fourth-order valence-corrected chi connectivity index (χ4v) is 4.88. The third-order valence-electron chi connectivity index (χ3n) is 4.24. The van der Waals surface area contributed by atoms with E-state index in [1.54, 1.807) is 12.1 Å². The molecule has 2 aliphatic rings. The molecule has 1 unspecified atom stereocenters. The second kappa shape index (κ2) is 6.24. The average Bonchev–Trinajstić information content (AvgIpc) is 2.37. The Morgan fingerprint density at radius 3 is 2.67 bits per heavy atom. The Hall–Kier alpha value is -0.620. The van der Waals surface area contributed by atoms with E-state index in [9.17, 15) is 8.42 Å². The molecular weight excluding hydrogens is 310 g/mol. The van der Waals surface area contributed by atoms with Crippen LogP contribution in [0.4, 0.5) is 0 Å². The molecule has 2 heterocycles. The summed E-state index contributed by atoms with van der Waals surface area (Å²) in [4.78, 5) is 0.234. The third-order valence-corrected chi connectivity index (χ3v) is 6.79. The van der Waals surface area contributed by atoms with Gasteiger partial charge in [0.25, 0.3) is 0 Å². The van der Waals surface area contributed by atoms with E-state index in [-0.39, 0.29) is 18.1 Å². The van der Waals surface area contributed by atoms with Crippen LogP contribution < -0.4 is 5.32 Å². The molecule has 1 N–H and O–H groups in total. The van der Waals surface area contributed by atoms with Gasteiger partial charge in [0, 0.05) is 6.04 Å². The minimum Gasteiger partial charge on any atom is -0.379 e. The lowest BCUT2D eigenvalue weighted by molar-refractivity contribution is 0.0416. The molecule has 1 atom stereocenters. The van der Waals surface area contributed by atoms with Crippen molar-refractivity contribution in [3.8, 4) is 0 Å². The van der Waals surface area contributed by atoms with Gasteiger partial charge in [-0.1, -0.05) is 24.1 Å². The minimum atomic E-state index is -3.36. The van der Waals surface area contributed by atoms with Crippen molar-refractivity contribution in [1.82, 2.24) is 5.32 Å². The van der Waals surface area contributed by atoms with E-state index in [4.69, 9.17) is 16.3 Å². The fraction of sp³-hybridized carbons (Fsp3) is 0.600. The highest BCUT2D eigenvalue weighted by atomic mass is 35.5. The van der Waals surface area contributed by atoms with Crippen LogP contribution in [-0.2, 0) is 21.0 Å². The topological polar surface area (TPSA) is 55.4 Å². The van der Waals surface area contributed by atoms with Crippen LogP contribution in [-0.4, -0.2) is 39.5 Å². The van der Waals surface area contributed by atoms with Gasteiger partial charge in [0.2, 0.25) is 0 Å². The molecular formula is C15H20ClNO3S. The van der Waals surface area contributed by atoms with E-state index >= 15 is 0 Å². The van der Waals surface area contributed by atoms with Gasteiger partial charge in [-0.3, -0.25) is 0 Å². The number of rotatable bonds is 4. The van der Waals surface area contributed by atoms with Gasteiger partial charge in [-0.15, -0.1) is 0 Å². The molecule has 0 amide bonds. The van der Waals surface area contributed by atoms with Crippen LogP contribution in [0, 0.1) is 0 Å². The molecule has 2 saturated heterocycles. The van der Waals surface area contributed by atoms with Crippen LogP contribution in [0.5, 0.6) is 0 Å². The van der Waals surface area contributed by atoms with Crippen molar-refractivity contribution in [2.75, 3.05) is 19.8 Å². The molecule has 116 valence electrons. The van der Waals surface area contributed by atoms with Crippen LogP contribution in [0.15, 0.2) is 23.1 Å². The van der Waals surface area contributed by atoms with Gasteiger partial charge in [-0.2, -0.15) is 0 Å². The zero-order chi connectivity index (χ0) is 14.9. The maximum absolute atomic E-state index is 12.4. The number of hydrogen-bond acceptors (Lipinski definition) is 4. The lowest BCUT2D eigenvalue weighted by Crippen LogP contribution is -2.40. The van der Waals surface area contributed by atoms with E-state index in [0.717, 1.165) is 24.9 Å². The van der Waals surface area contributed by atoms with Gasteiger partial charge in [-0.05, 0) is 43.5 Å². The Morgan fingerprint density at radius 1 is 1.29 bits per heavy atom. The first-order valence-electron chi connectivity index (χ1n) is 7.41. The molecule has 0 spiro atoms. The fourth-order valence-electron chi connectivity index (χ4n) is 2.86. The second-order valence-corrected chi connectivity index (χ2v) is 8.42. The van der Waals surface area contributed by atoms with Crippen LogP contribution in [0.25, 0.3) is 0 Å².